The van der Waals surface area contributed by atoms with Gasteiger partial charge in [0.05, 0.1) is 19.6 Å². The normalized spacial score (nSPS) is 10.2. The van der Waals surface area contributed by atoms with E-state index in [1.54, 1.807) is 0 Å². The maximum atomic E-state index is 3.85. The number of benzene rings is 2. The Labute approximate surface area is 133 Å². The van der Waals surface area contributed by atoms with E-state index < -0.39 is 0 Å². The Balaban J connectivity index is 2.30. The smallest absolute Gasteiger partial charge is 0.0972 e. The zero-order valence-electron chi connectivity index (χ0n) is 13.0. The molecule has 0 saturated heterocycles. The van der Waals surface area contributed by atoms with E-state index in [2.05, 4.69) is 79.9 Å². The molecule has 2 aromatic carbocycles. The first-order valence-corrected chi connectivity index (χ1v) is 7.71. The van der Waals surface area contributed by atoms with Crippen LogP contribution >= 0.6 is 0 Å². The lowest BCUT2D eigenvalue weighted by Crippen LogP contribution is -3.11. The highest BCUT2D eigenvalue weighted by molar-refractivity contribution is 5.79. The van der Waals surface area contributed by atoms with Gasteiger partial charge in [-0.3, -0.25) is 0 Å². The second kappa shape index (κ2) is 8.81. The summed E-state index contributed by atoms with van der Waals surface area (Å²) in [6.07, 6.45) is 6.27. The minimum Gasteiger partial charge on any atom is -0.325 e. The van der Waals surface area contributed by atoms with Crippen molar-refractivity contribution in [2.75, 3.05) is 19.6 Å². The Morgan fingerprint density at radius 1 is 0.727 bits per heavy atom. The van der Waals surface area contributed by atoms with E-state index in [0.29, 0.717) is 0 Å². The van der Waals surface area contributed by atoms with E-state index in [-0.39, 0.29) is 0 Å². The van der Waals surface area contributed by atoms with Crippen LogP contribution in [0.2, 0.25) is 0 Å². The van der Waals surface area contributed by atoms with Crippen molar-refractivity contribution < 1.29 is 4.90 Å². The third-order valence-electron chi connectivity index (χ3n) is 3.63. The van der Waals surface area contributed by atoms with Crippen molar-refractivity contribution >= 4 is 5.57 Å². The molecule has 0 aromatic heterocycles. The molecule has 2 aromatic rings. The first-order chi connectivity index (χ1) is 10.8. The van der Waals surface area contributed by atoms with E-state index in [4.69, 9.17) is 0 Å². The molecule has 0 atom stereocenters. The molecule has 0 saturated carbocycles. The molecule has 112 valence electrons. The van der Waals surface area contributed by atoms with Gasteiger partial charge < -0.3 is 4.90 Å². The van der Waals surface area contributed by atoms with Crippen LogP contribution in [-0.4, -0.2) is 19.6 Å². The predicted molar refractivity (Wildman–Crippen MR) is 95.9 cm³/mol. The molecule has 0 aliphatic heterocycles. The summed E-state index contributed by atoms with van der Waals surface area (Å²) in [6, 6.07) is 21.1. The Morgan fingerprint density at radius 2 is 1.18 bits per heavy atom. The molecule has 1 nitrogen and oxygen atoms in total. The maximum absolute atomic E-state index is 3.85. The van der Waals surface area contributed by atoms with Crippen molar-refractivity contribution in [2.45, 2.75) is 0 Å². The van der Waals surface area contributed by atoms with Crippen molar-refractivity contribution in [3.63, 3.8) is 0 Å². The monoisotopic (exact) mass is 290 g/mol. The fourth-order valence-electron chi connectivity index (χ4n) is 2.54. The molecule has 1 heteroatoms. The number of rotatable bonds is 8. The van der Waals surface area contributed by atoms with Gasteiger partial charge >= 0.3 is 0 Å². The van der Waals surface area contributed by atoms with Crippen molar-refractivity contribution in [1.82, 2.24) is 0 Å². The first kappa shape index (κ1) is 16.0. The Kier molecular flexibility index (Phi) is 6.40. The quantitative estimate of drug-likeness (QED) is 0.711. The van der Waals surface area contributed by atoms with Gasteiger partial charge in [-0.05, 0) is 34.9 Å². The second-order valence-electron chi connectivity index (χ2n) is 5.29. The topological polar surface area (TPSA) is 4.44 Å². The average molecular weight is 290 g/mol. The molecular weight excluding hydrogens is 266 g/mol. The molecule has 2 rings (SSSR count). The summed E-state index contributed by atoms with van der Waals surface area (Å²) in [5, 5.41) is 0. The summed E-state index contributed by atoms with van der Waals surface area (Å²) in [5.74, 6) is 0. The molecule has 0 radical (unpaired) electrons. The number of quaternary nitrogens is 1. The summed E-state index contributed by atoms with van der Waals surface area (Å²) in [4.78, 5) is 1.44. The fraction of sp³-hybridized carbons (Fsp3) is 0.143. The van der Waals surface area contributed by atoms with Crippen LogP contribution in [0.5, 0.6) is 0 Å². The Morgan fingerprint density at radius 3 is 1.59 bits per heavy atom. The van der Waals surface area contributed by atoms with Crippen molar-refractivity contribution in [3.05, 3.63) is 103 Å². The Bertz CT molecular complexity index is 559. The van der Waals surface area contributed by atoms with Gasteiger partial charge in [-0.25, -0.2) is 0 Å². The lowest BCUT2D eigenvalue weighted by molar-refractivity contribution is -0.881. The number of hydrogen-bond donors (Lipinski definition) is 1. The van der Waals surface area contributed by atoms with E-state index >= 15 is 0 Å². The Hall–Kier alpha value is -2.38. The summed E-state index contributed by atoms with van der Waals surface area (Å²) in [6.45, 7) is 10.5. The van der Waals surface area contributed by atoms with E-state index in [9.17, 15) is 0 Å². The molecule has 0 heterocycles. The molecule has 0 spiro atoms. The second-order valence-corrected chi connectivity index (χ2v) is 5.29. The standard InChI is InChI=1S/C21H23N/c1-3-16-22(17-4-2)18-15-21(19-11-7-5-8-12-19)20-13-9-6-10-14-20/h3-15H,1-2,16-18H2/p+1. The SMILES string of the molecule is C=CC[NH+](CC=C)CC=C(c1ccccc1)c1ccccc1. The largest absolute Gasteiger partial charge is 0.325 e. The van der Waals surface area contributed by atoms with Gasteiger partial charge in [0.2, 0.25) is 0 Å². The molecule has 0 aliphatic carbocycles. The molecule has 0 unspecified atom stereocenters. The molecule has 0 fully saturated rings. The third kappa shape index (κ3) is 4.57. The zero-order valence-corrected chi connectivity index (χ0v) is 13.0. The zero-order chi connectivity index (χ0) is 15.6. The highest BCUT2D eigenvalue weighted by Gasteiger charge is 2.07. The highest BCUT2D eigenvalue weighted by Crippen LogP contribution is 2.22. The van der Waals surface area contributed by atoms with Crippen LogP contribution in [0.3, 0.4) is 0 Å². The van der Waals surface area contributed by atoms with Crippen LogP contribution in [0.15, 0.2) is 92.0 Å². The van der Waals surface area contributed by atoms with Crippen LogP contribution < -0.4 is 4.90 Å². The molecule has 0 amide bonds. The number of hydrogen-bond acceptors (Lipinski definition) is 0. The summed E-state index contributed by atoms with van der Waals surface area (Å²) < 4.78 is 0. The van der Waals surface area contributed by atoms with Gasteiger partial charge in [0, 0.05) is 0 Å². The van der Waals surface area contributed by atoms with Gasteiger partial charge in [-0.2, -0.15) is 0 Å². The van der Waals surface area contributed by atoms with Crippen molar-refractivity contribution in [2.24, 2.45) is 0 Å². The van der Waals surface area contributed by atoms with E-state index in [1.807, 2.05) is 12.2 Å². The molecule has 0 aliphatic rings. The average Bonchev–Trinajstić information content (AvgIpc) is 2.57. The van der Waals surface area contributed by atoms with Crippen LogP contribution in [-0.2, 0) is 0 Å². The molecule has 1 N–H and O–H groups in total. The molecule has 22 heavy (non-hydrogen) atoms. The lowest BCUT2D eigenvalue weighted by atomic mass is 9.97. The highest BCUT2D eigenvalue weighted by atomic mass is 15.1. The summed E-state index contributed by atoms with van der Waals surface area (Å²) in [5.41, 5.74) is 3.79. The van der Waals surface area contributed by atoms with E-state index in [0.717, 1.165) is 19.6 Å². The summed E-state index contributed by atoms with van der Waals surface area (Å²) >= 11 is 0. The minimum absolute atomic E-state index is 0.944. The summed E-state index contributed by atoms with van der Waals surface area (Å²) in [7, 11) is 0. The van der Waals surface area contributed by atoms with Gasteiger partial charge in [0.1, 0.15) is 0 Å². The van der Waals surface area contributed by atoms with E-state index in [1.165, 1.54) is 21.6 Å². The lowest BCUT2D eigenvalue weighted by Gasteiger charge is -2.15. The van der Waals surface area contributed by atoms with Gasteiger partial charge in [-0.15, -0.1) is 0 Å². The number of nitrogens with one attached hydrogen (secondary N) is 1. The van der Waals surface area contributed by atoms with Crippen molar-refractivity contribution in [1.29, 1.82) is 0 Å². The van der Waals surface area contributed by atoms with Crippen molar-refractivity contribution in [3.8, 4) is 0 Å². The van der Waals surface area contributed by atoms with Crippen LogP contribution in [0, 0.1) is 0 Å². The van der Waals surface area contributed by atoms with Crippen LogP contribution in [0.4, 0.5) is 0 Å². The van der Waals surface area contributed by atoms with Gasteiger partial charge in [-0.1, -0.05) is 73.8 Å². The van der Waals surface area contributed by atoms with Gasteiger partial charge in [0.15, 0.2) is 0 Å². The molecule has 0 bridgehead atoms. The predicted octanol–water partition coefficient (Wildman–Crippen LogP) is 3.38. The maximum Gasteiger partial charge on any atom is 0.0972 e. The van der Waals surface area contributed by atoms with Gasteiger partial charge in [0.25, 0.3) is 0 Å². The molecular formula is C21H24N+. The van der Waals surface area contributed by atoms with Crippen LogP contribution in [0.25, 0.3) is 5.57 Å². The van der Waals surface area contributed by atoms with Crippen LogP contribution in [0.1, 0.15) is 11.1 Å². The first-order valence-electron chi connectivity index (χ1n) is 7.71. The third-order valence-corrected chi connectivity index (χ3v) is 3.63. The minimum atomic E-state index is 0.944. The fourth-order valence-corrected chi connectivity index (χ4v) is 2.54.